The van der Waals surface area contributed by atoms with Crippen molar-refractivity contribution in [3.63, 3.8) is 0 Å². The van der Waals surface area contributed by atoms with E-state index < -0.39 is 9.28 Å². The first-order chi connectivity index (χ1) is 5.31. The fraction of sp³-hybridized carbons (Fsp3) is 1.00. The first kappa shape index (κ1) is 11.1. The Bertz CT molecular complexity index is 70.5. The summed E-state index contributed by atoms with van der Waals surface area (Å²) in [6.07, 6.45) is 4.96. The van der Waals surface area contributed by atoms with Gasteiger partial charge >= 0.3 is 9.28 Å². The Morgan fingerprint density at radius 2 is 1.91 bits per heavy atom. The summed E-state index contributed by atoms with van der Waals surface area (Å²) >= 11 is 0. The zero-order valence-electron chi connectivity index (χ0n) is 7.68. The molecule has 1 heterocycles. The van der Waals surface area contributed by atoms with Crippen LogP contribution in [0.4, 0.5) is 0 Å². The van der Waals surface area contributed by atoms with Crippen LogP contribution < -0.4 is 0 Å². The van der Waals surface area contributed by atoms with Crippen LogP contribution in [0.1, 0.15) is 39.5 Å². The quantitative estimate of drug-likeness (QED) is 0.618. The van der Waals surface area contributed by atoms with Crippen molar-refractivity contribution in [1.29, 1.82) is 0 Å². The molecule has 0 aliphatic carbocycles. The SMILES string of the molecule is CCCC.O[SiH]1CCCCO1. The van der Waals surface area contributed by atoms with E-state index in [1.165, 1.54) is 19.3 Å². The van der Waals surface area contributed by atoms with Gasteiger partial charge in [0.05, 0.1) is 0 Å². The minimum atomic E-state index is -1.59. The second-order valence-electron chi connectivity index (χ2n) is 2.82. The van der Waals surface area contributed by atoms with Crippen molar-refractivity contribution in [2.75, 3.05) is 6.61 Å². The molecule has 0 aromatic heterocycles. The first-order valence-electron chi connectivity index (χ1n) is 4.61. The third-order valence-electron chi connectivity index (χ3n) is 1.66. The molecule has 0 bridgehead atoms. The third-order valence-corrected chi connectivity index (χ3v) is 3.18. The van der Waals surface area contributed by atoms with E-state index in [4.69, 9.17) is 9.22 Å². The minimum absolute atomic E-state index is 0.799. The van der Waals surface area contributed by atoms with E-state index in [9.17, 15) is 0 Å². The van der Waals surface area contributed by atoms with Gasteiger partial charge in [-0.1, -0.05) is 26.7 Å². The molecule has 0 saturated carbocycles. The zero-order chi connectivity index (χ0) is 8.53. The van der Waals surface area contributed by atoms with Gasteiger partial charge in [0.1, 0.15) is 0 Å². The lowest BCUT2D eigenvalue weighted by Gasteiger charge is -2.14. The van der Waals surface area contributed by atoms with Crippen molar-refractivity contribution in [3.05, 3.63) is 0 Å². The van der Waals surface area contributed by atoms with Gasteiger partial charge in [-0.2, -0.15) is 0 Å². The molecule has 1 saturated heterocycles. The normalized spacial score (nSPS) is 23.7. The highest BCUT2D eigenvalue weighted by Crippen LogP contribution is 2.07. The Labute approximate surface area is 71.4 Å². The van der Waals surface area contributed by atoms with E-state index in [2.05, 4.69) is 13.8 Å². The van der Waals surface area contributed by atoms with Gasteiger partial charge in [-0.15, -0.1) is 0 Å². The minimum Gasteiger partial charge on any atom is -0.413 e. The lowest BCUT2D eigenvalue weighted by Crippen LogP contribution is -2.22. The van der Waals surface area contributed by atoms with Crippen LogP contribution in [0.5, 0.6) is 0 Å². The van der Waals surface area contributed by atoms with Crippen molar-refractivity contribution in [3.8, 4) is 0 Å². The van der Waals surface area contributed by atoms with Gasteiger partial charge in [0, 0.05) is 6.61 Å². The highest BCUT2D eigenvalue weighted by molar-refractivity contribution is 6.42. The fourth-order valence-corrected chi connectivity index (χ4v) is 1.97. The summed E-state index contributed by atoms with van der Waals surface area (Å²) < 4.78 is 4.97. The molecule has 0 aromatic carbocycles. The molecule has 1 rings (SSSR count). The summed E-state index contributed by atoms with van der Waals surface area (Å²) in [4.78, 5) is 8.83. The van der Waals surface area contributed by atoms with Crippen LogP contribution in [-0.2, 0) is 4.43 Å². The van der Waals surface area contributed by atoms with Crippen LogP contribution in [0.2, 0.25) is 6.04 Å². The average molecular weight is 176 g/mol. The lowest BCUT2D eigenvalue weighted by atomic mass is 10.4. The summed E-state index contributed by atoms with van der Waals surface area (Å²) in [6, 6.07) is 0.958. The van der Waals surface area contributed by atoms with E-state index >= 15 is 0 Å². The van der Waals surface area contributed by atoms with Gasteiger partial charge < -0.3 is 9.22 Å². The Morgan fingerprint density at radius 1 is 1.27 bits per heavy atom. The van der Waals surface area contributed by atoms with Crippen molar-refractivity contribution < 1.29 is 9.22 Å². The topological polar surface area (TPSA) is 29.5 Å². The molecule has 0 aromatic rings. The third kappa shape index (κ3) is 8.04. The molecular weight excluding hydrogens is 156 g/mol. The molecule has 1 N–H and O–H groups in total. The molecule has 0 radical (unpaired) electrons. The van der Waals surface area contributed by atoms with Gasteiger partial charge in [0.2, 0.25) is 0 Å². The van der Waals surface area contributed by atoms with Crippen LogP contribution in [-0.4, -0.2) is 20.7 Å². The summed E-state index contributed by atoms with van der Waals surface area (Å²) in [5, 5.41) is 0. The molecule has 0 amide bonds. The molecule has 1 aliphatic heterocycles. The number of unbranched alkanes of at least 4 members (excludes halogenated alkanes) is 1. The molecule has 11 heavy (non-hydrogen) atoms. The average Bonchev–Trinajstić information content (AvgIpc) is 2.07. The standard InChI is InChI=1S/C4H10O2Si.C4H10/c5-7-4-2-1-3-6-7;1-3-4-2/h5,7H,1-4H2;3-4H2,1-2H3. The maximum Gasteiger partial charge on any atom is 0.318 e. The monoisotopic (exact) mass is 176 g/mol. The highest BCUT2D eigenvalue weighted by Gasteiger charge is 2.11. The maximum absolute atomic E-state index is 8.83. The summed E-state index contributed by atoms with van der Waals surface area (Å²) in [5.41, 5.74) is 0. The summed E-state index contributed by atoms with van der Waals surface area (Å²) in [5.74, 6) is 0. The van der Waals surface area contributed by atoms with Crippen molar-refractivity contribution in [1.82, 2.24) is 0 Å². The lowest BCUT2D eigenvalue weighted by molar-refractivity contribution is 0.231. The van der Waals surface area contributed by atoms with E-state index in [0.717, 1.165) is 19.1 Å². The summed E-state index contributed by atoms with van der Waals surface area (Å²) in [7, 11) is -1.59. The molecule has 68 valence electrons. The van der Waals surface area contributed by atoms with Gasteiger partial charge in [-0.3, -0.25) is 0 Å². The Balaban J connectivity index is 0.000000218. The predicted molar refractivity (Wildman–Crippen MR) is 49.9 cm³/mol. The smallest absolute Gasteiger partial charge is 0.318 e. The van der Waals surface area contributed by atoms with Crippen LogP contribution in [0.25, 0.3) is 0 Å². The Morgan fingerprint density at radius 3 is 2.09 bits per heavy atom. The van der Waals surface area contributed by atoms with Crippen molar-refractivity contribution in [2.45, 2.75) is 45.6 Å². The molecule has 1 fully saturated rings. The first-order valence-corrected chi connectivity index (χ1v) is 6.41. The van der Waals surface area contributed by atoms with Crippen LogP contribution in [0.15, 0.2) is 0 Å². The molecule has 1 atom stereocenters. The van der Waals surface area contributed by atoms with Gasteiger partial charge in [-0.25, -0.2) is 0 Å². The second-order valence-corrected chi connectivity index (χ2v) is 4.64. The number of hydrogen-bond acceptors (Lipinski definition) is 2. The van der Waals surface area contributed by atoms with Gasteiger partial charge in [-0.05, 0) is 18.9 Å². The number of hydrogen-bond donors (Lipinski definition) is 1. The maximum atomic E-state index is 8.83. The molecule has 1 aliphatic rings. The van der Waals surface area contributed by atoms with Gasteiger partial charge in [0.25, 0.3) is 0 Å². The van der Waals surface area contributed by atoms with E-state index in [-0.39, 0.29) is 0 Å². The molecule has 0 spiro atoms. The van der Waals surface area contributed by atoms with Gasteiger partial charge in [0.15, 0.2) is 0 Å². The Kier molecular flexibility index (Phi) is 8.34. The fourth-order valence-electron chi connectivity index (χ4n) is 0.724. The van der Waals surface area contributed by atoms with Crippen molar-refractivity contribution in [2.24, 2.45) is 0 Å². The number of rotatable bonds is 1. The molecule has 1 unspecified atom stereocenters. The molecular formula is C8H20O2Si. The zero-order valence-corrected chi connectivity index (χ0v) is 8.83. The van der Waals surface area contributed by atoms with E-state index in [1.54, 1.807) is 0 Å². The van der Waals surface area contributed by atoms with Crippen LogP contribution in [0.3, 0.4) is 0 Å². The molecule has 2 nitrogen and oxygen atoms in total. The predicted octanol–water partition coefficient (Wildman–Crippen LogP) is 1.82. The summed E-state index contributed by atoms with van der Waals surface area (Å²) in [6.45, 7) is 5.16. The van der Waals surface area contributed by atoms with Crippen LogP contribution >= 0.6 is 0 Å². The highest BCUT2D eigenvalue weighted by atomic mass is 28.3. The molecule has 3 heteroatoms. The largest absolute Gasteiger partial charge is 0.413 e. The van der Waals surface area contributed by atoms with E-state index in [0.29, 0.717) is 0 Å². The van der Waals surface area contributed by atoms with Crippen LogP contribution in [0, 0.1) is 0 Å². The van der Waals surface area contributed by atoms with Crippen molar-refractivity contribution >= 4 is 9.28 Å². The Hall–Kier alpha value is 0.137. The second kappa shape index (κ2) is 8.24. The van der Waals surface area contributed by atoms with E-state index in [1.807, 2.05) is 0 Å².